The van der Waals surface area contributed by atoms with E-state index in [0.717, 1.165) is 56.0 Å². The summed E-state index contributed by atoms with van der Waals surface area (Å²) in [5.74, 6) is 0.634. The van der Waals surface area contributed by atoms with Crippen molar-refractivity contribution >= 4 is 11.9 Å². The van der Waals surface area contributed by atoms with E-state index >= 15 is 0 Å². The van der Waals surface area contributed by atoms with Crippen LogP contribution >= 0.6 is 0 Å². The Labute approximate surface area is 301 Å². The molecule has 0 aromatic rings. The average Bonchev–Trinajstić information content (AvgIpc) is 3.04. The van der Waals surface area contributed by atoms with Crippen molar-refractivity contribution in [2.24, 2.45) is 5.92 Å². The molecular formula is C43H86NO4+. The molecule has 1 atom stereocenters. The summed E-state index contributed by atoms with van der Waals surface area (Å²) in [6, 6.07) is 0. The van der Waals surface area contributed by atoms with Gasteiger partial charge in [0.05, 0.1) is 34.3 Å². The van der Waals surface area contributed by atoms with Crippen molar-refractivity contribution in [1.82, 2.24) is 0 Å². The van der Waals surface area contributed by atoms with Crippen LogP contribution in [0.2, 0.25) is 0 Å². The maximum atomic E-state index is 12.7. The van der Waals surface area contributed by atoms with Gasteiger partial charge in [0.15, 0.2) is 0 Å². The first-order chi connectivity index (χ1) is 23.2. The van der Waals surface area contributed by atoms with Crippen LogP contribution < -0.4 is 0 Å². The minimum Gasteiger partial charge on any atom is -0.466 e. The Morgan fingerprint density at radius 1 is 0.458 bits per heavy atom. The van der Waals surface area contributed by atoms with Crippen LogP contribution in [0, 0.1) is 5.92 Å². The highest BCUT2D eigenvalue weighted by atomic mass is 16.5. The Hall–Kier alpha value is -1.10. The van der Waals surface area contributed by atoms with Gasteiger partial charge in [-0.25, -0.2) is 0 Å². The van der Waals surface area contributed by atoms with Gasteiger partial charge in [0.1, 0.15) is 6.10 Å². The predicted octanol–water partition coefficient (Wildman–Crippen LogP) is 12.9. The van der Waals surface area contributed by atoms with Crippen LogP contribution in [0.5, 0.6) is 0 Å². The molecule has 0 aliphatic carbocycles. The van der Waals surface area contributed by atoms with Crippen LogP contribution in [0.1, 0.15) is 220 Å². The zero-order chi connectivity index (χ0) is 35.6. The summed E-state index contributed by atoms with van der Waals surface area (Å²) in [5, 5.41) is 0. The van der Waals surface area contributed by atoms with E-state index in [2.05, 4.69) is 41.9 Å². The highest BCUT2D eigenvalue weighted by Crippen LogP contribution is 2.23. The molecule has 0 rings (SSSR count). The van der Waals surface area contributed by atoms with Crippen LogP contribution in [-0.2, 0) is 19.1 Å². The van der Waals surface area contributed by atoms with E-state index in [9.17, 15) is 9.59 Å². The SMILES string of the molecule is CCCCCCCCCCC(CCCCCCC(=O)OC(CCCCCCC)CCCCCCC)CCOC(=O)CCCC[N+](C)(C)C. The Bertz CT molecular complexity index is 689. The van der Waals surface area contributed by atoms with Gasteiger partial charge in [-0.3, -0.25) is 9.59 Å². The Morgan fingerprint density at radius 2 is 0.854 bits per heavy atom. The van der Waals surface area contributed by atoms with E-state index in [4.69, 9.17) is 9.47 Å². The number of hydrogen-bond donors (Lipinski definition) is 0. The average molecular weight is 681 g/mol. The molecule has 48 heavy (non-hydrogen) atoms. The number of hydrogen-bond acceptors (Lipinski definition) is 4. The number of carbonyl (C=O) groups excluding carboxylic acids is 2. The van der Waals surface area contributed by atoms with Gasteiger partial charge in [-0.1, -0.05) is 156 Å². The van der Waals surface area contributed by atoms with E-state index in [1.807, 2.05) is 0 Å². The molecular weight excluding hydrogens is 594 g/mol. The molecule has 0 heterocycles. The molecule has 0 bridgehead atoms. The predicted molar refractivity (Wildman–Crippen MR) is 207 cm³/mol. The van der Waals surface area contributed by atoms with E-state index in [1.54, 1.807) is 0 Å². The zero-order valence-electron chi connectivity index (χ0n) is 33.6. The highest BCUT2D eigenvalue weighted by molar-refractivity contribution is 5.69. The summed E-state index contributed by atoms with van der Waals surface area (Å²) < 4.78 is 12.6. The third-order valence-electron chi connectivity index (χ3n) is 10.0. The van der Waals surface area contributed by atoms with E-state index in [-0.39, 0.29) is 18.0 Å². The van der Waals surface area contributed by atoms with Gasteiger partial charge in [-0.2, -0.15) is 0 Å². The van der Waals surface area contributed by atoms with Crippen molar-refractivity contribution < 1.29 is 23.5 Å². The number of ether oxygens (including phenoxy) is 2. The summed E-state index contributed by atoms with van der Waals surface area (Å²) >= 11 is 0. The van der Waals surface area contributed by atoms with Gasteiger partial charge in [0.25, 0.3) is 0 Å². The fourth-order valence-corrected chi connectivity index (χ4v) is 6.78. The lowest BCUT2D eigenvalue weighted by atomic mass is 9.91. The van der Waals surface area contributed by atoms with Crippen LogP contribution in [0.4, 0.5) is 0 Å². The topological polar surface area (TPSA) is 52.6 Å². The van der Waals surface area contributed by atoms with Gasteiger partial charge in [-0.05, 0) is 57.3 Å². The highest BCUT2D eigenvalue weighted by Gasteiger charge is 2.15. The maximum Gasteiger partial charge on any atom is 0.306 e. The number of quaternary nitrogens is 1. The molecule has 0 amide bonds. The smallest absolute Gasteiger partial charge is 0.306 e. The Kier molecular flexibility index (Phi) is 33.6. The Balaban J connectivity index is 4.46. The molecule has 0 saturated heterocycles. The second kappa shape index (κ2) is 34.4. The van der Waals surface area contributed by atoms with Crippen molar-refractivity contribution in [3.63, 3.8) is 0 Å². The summed E-state index contributed by atoms with van der Waals surface area (Å²) in [6.07, 6.45) is 36.6. The van der Waals surface area contributed by atoms with Crippen molar-refractivity contribution in [1.29, 1.82) is 0 Å². The molecule has 1 unspecified atom stereocenters. The van der Waals surface area contributed by atoms with Gasteiger partial charge in [-0.15, -0.1) is 0 Å². The van der Waals surface area contributed by atoms with Gasteiger partial charge < -0.3 is 14.0 Å². The molecule has 0 saturated carbocycles. The molecule has 0 aromatic carbocycles. The molecule has 0 radical (unpaired) electrons. The standard InChI is InChI=1S/C43H86NO4/c1-7-10-13-16-17-18-21-24-31-40(37-39-47-42(45)35-29-30-38-44(4,5)6)32-25-22-23-28-36-43(46)48-41(33-26-19-14-11-8-2)34-27-20-15-12-9-3/h40-41H,7-39H2,1-6H3/q+1. The monoisotopic (exact) mass is 681 g/mol. The lowest BCUT2D eigenvalue weighted by Gasteiger charge is -2.23. The second-order valence-corrected chi connectivity index (χ2v) is 16.1. The molecule has 0 aliphatic heterocycles. The van der Waals surface area contributed by atoms with E-state index in [0.29, 0.717) is 25.4 Å². The van der Waals surface area contributed by atoms with Crippen molar-refractivity contribution in [2.45, 2.75) is 226 Å². The molecule has 0 aliphatic rings. The van der Waals surface area contributed by atoms with Gasteiger partial charge >= 0.3 is 11.9 Å². The summed E-state index contributed by atoms with van der Waals surface area (Å²) in [6.45, 7) is 8.46. The zero-order valence-corrected chi connectivity index (χ0v) is 33.6. The second-order valence-electron chi connectivity index (χ2n) is 16.1. The molecule has 0 fully saturated rings. The van der Waals surface area contributed by atoms with Gasteiger partial charge in [0, 0.05) is 12.8 Å². The van der Waals surface area contributed by atoms with Crippen molar-refractivity contribution in [3.05, 3.63) is 0 Å². The first-order valence-electron chi connectivity index (χ1n) is 21.4. The van der Waals surface area contributed by atoms with Crippen LogP contribution in [0.3, 0.4) is 0 Å². The fraction of sp³-hybridized carbons (Fsp3) is 0.953. The van der Waals surface area contributed by atoms with Crippen LogP contribution in [-0.4, -0.2) is 56.8 Å². The first-order valence-corrected chi connectivity index (χ1v) is 21.4. The number of rotatable bonds is 37. The summed E-state index contributed by atoms with van der Waals surface area (Å²) in [5.41, 5.74) is 0. The van der Waals surface area contributed by atoms with Crippen LogP contribution in [0.25, 0.3) is 0 Å². The maximum absolute atomic E-state index is 12.7. The lowest BCUT2D eigenvalue weighted by Crippen LogP contribution is -2.35. The first kappa shape index (κ1) is 46.9. The molecule has 0 N–H and O–H groups in total. The molecule has 286 valence electrons. The van der Waals surface area contributed by atoms with Gasteiger partial charge in [0.2, 0.25) is 0 Å². The number of carbonyl (C=O) groups is 2. The van der Waals surface area contributed by atoms with Crippen molar-refractivity contribution in [2.75, 3.05) is 34.3 Å². The molecule has 5 heteroatoms. The Morgan fingerprint density at radius 3 is 1.33 bits per heavy atom. The quantitative estimate of drug-likeness (QED) is 0.0372. The molecule has 0 aromatic heterocycles. The minimum atomic E-state index is -0.0238. The third-order valence-corrected chi connectivity index (χ3v) is 10.0. The molecule has 5 nitrogen and oxygen atoms in total. The third kappa shape index (κ3) is 34.8. The number of nitrogens with zero attached hydrogens (tertiary/aromatic N) is 1. The summed E-state index contributed by atoms with van der Waals surface area (Å²) in [7, 11) is 6.59. The fourth-order valence-electron chi connectivity index (χ4n) is 6.78. The number of unbranched alkanes of at least 4 members (excludes halogenated alkanes) is 19. The van der Waals surface area contributed by atoms with Crippen molar-refractivity contribution in [3.8, 4) is 0 Å². The molecule has 0 spiro atoms. The summed E-state index contributed by atoms with van der Waals surface area (Å²) in [4.78, 5) is 25.1. The van der Waals surface area contributed by atoms with Crippen LogP contribution in [0.15, 0.2) is 0 Å². The normalized spacial score (nSPS) is 12.5. The number of esters is 2. The largest absolute Gasteiger partial charge is 0.466 e. The lowest BCUT2D eigenvalue weighted by molar-refractivity contribution is -0.870. The van der Waals surface area contributed by atoms with E-state index < -0.39 is 0 Å². The van der Waals surface area contributed by atoms with E-state index in [1.165, 1.54) is 141 Å². The minimum absolute atomic E-state index is 0.0222.